The molecule has 0 spiro atoms. The zero-order valence-electron chi connectivity index (χ0n) is 15.7. The van der Waals surface area contributed by atoms with Gasteiger partial charge in [-0.2, -0.15) is 0 Å². The molecule has 0 saturated carbocycles. The standard InChI is InChI=1S/C13H9.C11H6BrS.2ClH.H2S.Zr/c1-3-7-12-10(5-1)9-11-6-2-4-8-13(11)12;12-11-6-9-8-4-2-1-3-7(8)5-10(9)13-11;;;;/h1-7H,9H2;1-3,5-6,9H;2*1H;1H2;/q;;;;;+3/p-3. The van der Waals surface area contributed by atoms with Gasteiger partial charge in [-0.3, -0.25) is 0 Å². The molecule has 0 aromatic heterocycles. The SMILES string of the molecule is [SH][Zr]([Cl])([Cl])([c]1cccc2c1-c1ccccc1C2)[c]1cccc2c1C1C=C(Br)SC1=C2. The van der Waals surface area contributed by atoms with Gasteiger partial charge in [-0.05, 0) is 0 Å². The number of benzene rings is 3. The van der Waals surface area contributed by atoms with Crippen LogP contribution in [-0.4, -0.2) is 0 Å². The predicted octanol–water partition coefficient (Wildman–Crippen LogP) is 7.47. The Bertz CT molecular complexity index is 1320. The fourth-order valence-corrected chi connectivity index (χ4v) is 19.1. The average molecular weight is 611 g/mol. The molecule has 0 nitrogen and oxygen atoms in total. The Kier molecular flexibility index (Phi) is 4.68. The van der Waals surface area contributed by atoms with E-state index in [9.17, 15) is 0 Å². The molecule has 6 heteroatoms. The van der Waals surface area contributed by atoms with Crippen LogP contribution in [0.25, 0.3) is 17.2 Å². The molecule has 1 unspecified atom stereocenters. The summed E-state index contributed by atoms with van der Waals surface area (Å²) in [4.78, 5) is 1.32. The van der Waals surface area contributed by atoms with Crippen LogP contribution in [0.4, 0.5) is 0 Å². The number of rotatable bonds is 2. The van der Waals surface area contributed by atoms with Gasteiger partial charge in [0.1, 0.15) is 0 Å². The van der Waals surface area contributed by atoms with Gasteiger partial charge < -0.3 is 0 Å². The summed E-state index contributed by atoms with van der Waals surface area (Å²) in [6.07, 6.45) is 5.43. The molecule has 3 aromatic carbocycles. The molecule has 0 amide bonds. The molecule has 3 aromatic rings. The normalized spacial score (nSPS) is 19.9. The first-order valence-corrected chi connectivity index (χ1v) is 23.9. The van der Waals surface area contributed by atoms with Crippen molar-refractivity contribution in [3.05, 3.63) is 97.7 Å². The van der Waals surface area contributed by atoms with Gasteiger partial charge in [0.25, 0.3) is 0 Å². The summed E-state index contributed by atoms with van der Waals surface area (Å²) in [6, 6.07) is 21.3. The molecule has 149 valence electrons. The van der Waals surface area contributed by atoms with Gasteiger partial charge in [0.15, 0.2) is 0 Å². The second-order valence-corrected chi connectivity index (χ2v) is 36.4. The van der Waals surface area contributed by atoms with Gasteiger partial charge in [-0.1, -0.05) is 0 Å². The van der Waals surface area contributed by atoms with Gasteiger partial charge in [0.2, 0.25) is 0 Å². The van der Waals surface area contributed by atoms with Crippen molar-refractivity contribution >= 4 is 66.7 Å². The maximum absolute atomic E-state index is 7.58. The zero-order valence-corrected chi connectivity index (χ0v) is 23.0. The predicted molar refractivity (Wildman–Crippen MR) is 136 cm³/mol. The number of fused-ring (bicyclic) bond motifs is 6. The first-order chi connectivity index (χ1) is 14.3. The van der Waals surface area contributed by atoms with Crippen molar-refractivity contribution in [1.29, 1.82) is 0 Å². The second-order valence-electron chi connectivity index (χ2n) is 8.05. The van der Waals surface area contributed by atoms with Crippen molar-refractivity contribution in [2.24, 2.45) is 0 Å². The van der Waals surface area contributed by atoms with E-state index >= 15 is 0 Å². The molecular formula is C24H16BrCl2S2Zr. The Morgan fingerprint density at radius 3 is 2.53 bits per heavy atom. The molecule has 0 radical (unpaired) electrons. The quantitative estimate of drug-likeness (QED) is 0.230. The number of allylic oxidation sites excluding steroid dienone is 2. The first-order valence-electron chi connectivity index (χ1n) is 9.75. The fraction of sp³-hybridized carbons (Fsp3) is 0.0833. The zero-order chi connectivity index (χ0) is 20.7. The molecule has 0 fully saturated rings. The van der Waals surface area contributed by atoms with Crippen molar-refractivity contribution < 1.29 is 14.9 Å². The monoisotopic (exact) mass is 607 g/mol. The minimum atomic E-state index is -4.89. The molecule has 1 atom stereocenters. The summed E-state index contributed by atoms with van der Waals surface area (Å²) in [7, 11) is 20.4. The van der Waals surface area contributed by atoms with Crippen LogP contribution in [0.3, 0.4) is 0 Å². The Hall–Kier alpha value is -0.217. The molecule has 6 rings (SSSR count). The van der Waals surface area contributed by atoms with Gasteiger partial charge in [0, 0.05) is 0 Å². The summed E-state index contributed by atoms with van der Waals surface area (Å²) in [5, 5.41) is 0. The molecule has 0 saturated heterocycles. The van der Waals surface area contributed by atoms with Crippen LogP contribution in [0, 0.1) is 0 Å². The fourth-order valence-electron chi connectivity index (χ4n) is 5.04. The Morgan fingerprint density at radius 2 is 1.67 bits per heavy atom. The number of hydrogen-bond donors (Lipinski definition) is 1. The van der Waals surface area contributed by atoms with Crippen molar-refractivity contribution in [1.82, 2.24) is 0 Å². The topological polar surface area (TPSA) is 0 Å². The molecular weight excluding hydrogens is 594 g/mol. The number of thiol groups is 1. The molecule has 30 heavy (non-hydrogen) atoms. The first kappa shape index (κ1) is 20.4. The third-order valence-electron chi connectivity index (χ3n) is 6.30. The second kappa shape index (κ2) is 6.89. The van der Waals surface area contributed by atoms with E-state index in [-0.39, 0.29) is 5.92 Å². The Morgan fingerprint density at radius 1 is 0.933 bits per heavy atom. The van der Waals surface area contributed by atoms with Gasteiger partial charge in [-0.25, -0.2) is 0 Å². The van der Waals surface area contributed by atoms with E-state index in [1.165, 1.54) is 38.3 Å². The summed E-state index contributed by atoms with van der Waals surface area (Å²) in [5.41, 5.74) is 7.48. The Labute approximate surface area is 200 Å². The summed E-state index contributed by atoms with van der Waals surface area (Å²) < 4.78 is 3.21. The molecule has 1 aliphatic heterocycles. The number of hydrogen-bond acceptors (Lipinski definition) is 2. The van der Waals surface area contributed by atoms with Crippen molar-refractivity contribution in [3.8, 4) is 11.1 Å². The number of halogens is 3. The molecule has 3 aliphatic rings. The van der Waals surface area contributed by atoms with Crippen LogP contribution < -0.4 is 6.54 Å². The van der Waals surface area contributed by atoms with E-state index in [4.69, 9.17) is 26.4 Å². The van der Waals surface area contributed by atoms with E-state index in [2.05, 4.69) is 88.7 Å². The van der Waals surface area contributed by atoms with Gasteiger partial charge in [-0.15, -0.1) is 0 Å². The van der Waals surface area contributed by atoms with Crippen molar-refractivity contribution in [2.75, 3.05) is 0 Å². The van der Waals surface area contributed by atoms with Crippen molar-refractivity contribution in [3.63, 3.8) is 0 Å². The summed E-state index contributed by atoms with van der Waals surface area (Å²) in [5.74, 6) is 0.206. The summed E-state index contributed by atoms with van der Waals surface area (Å²) >= 11 is 0.529. The molecule has 2 aliphatic carbocycles. The molecule has 0 N–H and O–H groups in total. The van der Waals surface area contributed by atoms with Gasteiger partial charge >= 0.3 is 203 Å². The van der Waals surface area contributed by atoms with Crippen LogP contribution >= 0.6 is 54.1 Å². The van der Waals surface area contributed by atoms with Crippen molar-refractivity contribution in [2.45, 2.75) is 12.3 Å². The third kappa shape index (κ3) is 2.91. The van der Waals surface area contributed by atoms with Crippen LogP contribution in [0.1, 0.15) is 28.2 Å². The van der Waals surface area contributed by atoms with E-state index in [0.29, 0.717) is 0 Å². The van der Waals surface area contributed by atoms with E-state index < -0.39 is 14.9 Å². The maximum atomic E-state index is 7.58. The van der Waals surface area contributed by atoms with Gasteiger partial charge in [0.05, 0.1) is 0 Å². The Balaban J connectivity index is 1.61. The molecule has 0 bridgehead atoms. The number of thioether (sulfide) groups is 1. The van der Waals surface area contributed by atoms with Crippen LogP contribution in [0.5, 0.6) is 0 Å². The third-order valence-corrected chi connectivity index (χ3v) is 22.3. The minimum absolute atomic E-state index is 0.206. The van der Waals surface area contributed by atoms with E-state index in [1.54, 1.807) is 11.8 Å². The average Bonchev–Trinajstić information content (AvgIpc) is 3.36. The molecule has 1 heterocycles. The van der Waals surface area contributed by atoms with E-state index in [1.807, 2.05) is 0 Å². The van der Waals surface area contributed by atoms with E-state index in [0.717, 1.165) is 16.8 Å². The van der Waals surface area contributed by atoms with Crippen LogP contribution in [0.15, 0.2) is 75.5 Å². The summed E-state index contributed by atoms with van der Waals surface area (Å²) in [6.45, 7) is 0. The van der Waals surface area contributed by atoms with Crippen LogP contribution in [0.2, 0.25) is 0 Å². The van der Waals surface area contributed by atoms with Crippen LogP contribution in [-0.2, 0) is 21.4 Å².